The Morgan fingerprint density at radius 2 is 2.25 bits per heavy atom. The molecular formula is C22H24N2O4. The van der Waals surface area contributed by atoms with E-state index in [9.17, 15) is 9.59 Å². The standard InChI is InChI=1S/C22H24N2O4/c1-3-27-21(26)19-14-11-16(19)22(2)8-6-12(10-15(14)22)28-17-7-9-23-20-13(17)4-5-18(25)24-20/h6-7,9-10,14,16,19H,3-5,8,11H2,1-2H3,(H,23,24,25)/t14?,16?,19?,22-/m1/s1. The molecule has 1 aliphatic heterocycles. The molecule has 0 radical (unpaired) electrons. The number of rotatable bonds is 4. The number of nitrogens with one attached hydrogen (secondary N) is 1. The first-order valence-corrected chi connectivity index (χ1v) is 10.1. The molecule has 146 valence electrons. The molecule has 6 nitrogen and oxygen atoms in total. The molecule has 6 heteroatoms. The van der Waals surface area contributed by atoms with Crippen LogP contribution in [0.1, 0.15) is 38.7 Å². The van der Waals surface area contributed by atoms with Crippen molar-refractivity contribution in [2.24, 2.45) is 23.2 Å². The Labute approximate surface area is 164 Å². The molecule has 4 atom stereocenters. The number of amides is 1. The highest BCUT2D eigenvalue weighted by molar-refractivity contribution is 5.93. The summed E-state index contributed by atoms with van der Waals surface area (Å²) in [5.41, 5.74) is 2.29. The van der Waals surface area contributed by atoms with Crippen LogP contribution in [0.2, 0.25) is 0 Å². The summed E-state index contributed by atoms with van der Waals surface area (Å²) in [6, 6.07) is 1.85. The molecule has 1 aromatic rings. The van der Waals surface area contributed by atoms with Crippen LogP contribution in [0.5, 0.6) is 5.75 Å². The van der Waals surface area contributed by atoms with Crippen molar-refractivity contribution >= 4 is 17.7 Å². The van der Waals surface area contributed by atoms with Gasteiger partial charge in [0.25, 0.3) is 0 Å². The Bertz CT molecular complexity index is 934. The van der Waals surface area contributed by atoms with Crippen LogP contribution in [0.15, 0.2) is 35.7 Å². The van der Waals surface area contributed by atoms with Crippen molar-refractivity contribution in [1.82, 2.24) is 4.98 Å². The van der Waals surface area contributed by atoms with Crippen LogP contribution >= 0.6 is 0 Å². The first-order chi connectivity index (χ1) is 13.5. The summed E-state index contributed by atoms with van der Waals surface area (Å²) in [4.78, 5) is 28.3. The second-order valence-electron chi connectivity index (χ2n) is 8.34. The first-order valence-electron chi connectivity index (χ1n) is 10.1. The number of nitrogens with zero attached hydrogens (tertiary/aromatic N) is 1. The molecule has 6 rings (SSSR count). The highest BCUT2D eigenvalue weighted by atomic mass is 16.5. The summed E-state index contributed by atoms with van der Waals surface area (Å²) in [6.07, 6.45) is 8.91. The fourth-order valence-electron chi connectivity index (χ4n) is 5.45. The van der Waals surface area contributed by atoms with E-state index < -0.39 is 0 Å². The maximum atomic E-state index is 12.4. The minimum atomic E-state index is -0.0540. The van der Waals surface area contributed by atoms with E-state index in [4.69, 9.17) is 9.47 Å². The quantitative estimate of drug-likeness (QED) is 0.810. The fourth-order valence-corrected chi connectivity index (χ4v) is 5.45. The molecule has 3 fully saturated rings. The van der Waals surface area contributed by atoms with E-state index in [0.717, 1.165) is 29.9 Å². The molecule has 1 amide bonds. The summed E-state index contributed by atoms with van der Waals surface area (Å²) >= 11 is 0. The number of pyridine rings is 1. The molecule has 1 N–H and O–H groups in total. The molecule has 2 heterocycles. The zero-order chi connectivity index (χ0) is 19.5. The number of esters is 1. The van der Waals surface area contributed by atoms with Gasteiger partial charge in [0, 0.05) is 18.2 Å². The van der Waals surface area contributed by atoms with Gasteiger partial charge in [-0.25, -0.2) is 4.98 Å². The summed E-state index contributed by atoms with van der Waals surface area (Å²) in [7, 11) is 0. The predicted molar refractivity (Wildman–Crippen MR) is 102 cm³/mol. The Balaban J connectivity index is 1.39. The van der Waals surface area contributed by atoms with Crippen molar-refractivity contribution in [3.8, 4) is 5.75 Å². The van der Waals surface area contributed by atoms with Gasteiger partial charge in [-0.2, -0.15) is 0 Å². The average Bonchev–Trinajstić information content (AvgIpc) is 3.07. The van der Waals surface area contributed by atoms with Crippen molar-refractivity contribution in [1.29, 1.82) is 0 Å². The molecule has 5 aliphatic rings. The van der Waals surface area contributed by atoms with Gasteiger partial charge in [0.2, 0.25) is 5.91 Å². The predicted octanol–water partition coefficient (Wildman–Crippen LogP) is 3.39. The third-order valence-corrected chi connectivity index (χ3v) is 6.94. The molecule has 28 heavy (non-hydrogen) atoms. The van der Waals surface area contributed by atoms with E-state index >= 15 is 0 Å². The summed E-state index contributed by atoms with van der Waals surface area (Å²) < 4.78 is 11.5. The zero-order valence-corrected chi connectivity index (χ0v) is 16.2. The Kier molecular flexibility index (Phi) is 3.86. The normalized spacial score (nSPS) is 32.2. The van der Waals surface area contributed by atoms with Crippen molar-refractivity contribution in [3.63, 3.8) is 0 Å². The van der Waals surface area contributed by atoms with Crippen molar-refractivity contribution in [2.75, 3.05) is 11.9 Å². The Morgan fingerprint density at radius 1 is 1.39 bits per heavy atom. The van der Waals surface area contributed by atoms with Gasteiger partial charge in [-0.15, -0.1) is 0 Å². The summed E-state index contributed by atoms with van der Waals surface area (Å²) in [5.74, 6) is 2.71. The number of aromatic nitrogens is 1. The van der Waals surface area contributed by atoms with E-state index in [1.807, 2.05) is 13.0 Å². The smallest absolute Gasteiger partial charge is 0.309 e. The third-order valence-electron chi connectivity index (χ3n) is 6.94. The lowest BCUT2D eigenvalue weighted by Gasteiger charge is -2.37. The topological polar surface area (TPSA) is 77.5 Å². The van der Waals surface area contributed by atoms with Gasteiger partial charge in [-0.05, 0) is 61.7 Å². The molecule has 3 saturated carbocycles. The van der Waals surface area contributed by atoms with E-state index in [1.54, 1.807) is 6.20 Å². The molecule has 2 bridgehead atoms. The zero-order valence-electron chi connectivity index (χ0n) is 16.2. The van der Waals surface area contributed by atoms with Crippen LogP contribution in [-0.4, -0.2) is 23.5 Å². The average molecular weight is 380 g/mol. The second-order valence-corrected chi connectivity index (χ2v) is 8.34. The second kappa shape index (κ2) is 6.19. The lowest BCUT2D eigenvalue weighted by atomic mass is 9.66. The van der Waals surface area contributed by atoms with Gasteiger partial charge < -0.3 is 14.8 Å². The summed E-state index contributed by atoms with van der Waals surface area (Å²) in [6.45, 7) is 4.55. The van der Waals surface area contributed by atoms with Crippen LogP contribution in [0.25, 0.3) is 0 Å². The first kappa shape index (κ1) is 17.5. The molecule has 1 aromatic heterocycles. The Hall–Kier alpha value is -2.63. The van der Waals surface area contributed by atoms with Crippen LogP contribution < -0.4 is 10.1 Å². The van der Waals surface area contributed by atoms with E-state index in [2.05, 4.69) is 29.4 Å². The summed E-state index contributed by atoms with van der Waals surface area (Å²) in [5, 5.41) is 2.81. The number of hydrogen-bond acceptors (Lipinski definition) is 5. The van der Waals surface area contributed by atoms with E-state index in [-0.39, 0.29) is 29.1 Å². The number of carbonyl (C=O) groups is 2. The highest BCUT2D eigenvalue weighted by Crippen LogP contribution is 2.69. The van der Waals surface area contributed by atoms with Gasteiger partial charge in [0.1, 0.15) is 17.3 Å². The maximum absolute atomic E-state index is 12.4. The van der Waals surface area contributed by atoms with Crippen LogP contribution in [-0.2, 0) is 20.7 Å². The number of carbonyl (C=O) groups excluding carboxylic acids is 2. The van der Waals surface area contributed by atoms with Gasteiger partial charge in [-0.3, -0.25) is 9.59 Å². The van der Waals surface area contributed by atoms with Gasteiger partial charge in [0.05, 0.1) is 12.5 Å². The van der Waals surface area contributed by atoms with Crippen LogP contribution in [0.4, 0.5) is 5.82 Å². The van der Waals surface area contributed by atoms with E-state index in [0.29, 0.717) is 31.2 Å². The van der Waals surface area contributed by atoms with Crippen molar-refractivity contribution in [2.45, 2.75) is 39.5 Å². The lowest BCUT2D eigenvalue weighted by molar-refractivity contribution is -0.156. The minimum Gasteiger partial charge on any atom is -0.466 e. The fraction of sp³-hybridized carbons (Fsp3) is 0.500. The van der Waals surface area contributed by atoms with Gasteiger partial charge >= 0.3 is 5.97 Å². The molecule has 4 aliphatic carbocycles. The SMILES string of the molecule is CCOC(=O)C1C2CC1[C@]1(C)CC=C(Oc3ccnc4c3CCC(=O)N4)C=C21. The van der Waals surface area contributed by atoms with Crippen LogP contribution in [0.3, 0.4) is 0 Å². The van der Waals surface area contributed by atoms with Crippen molar-refractivity contribution < 1.29 is 19.1 Å². The monoisotopic (exact) mass is 380 g/mol. The number of hydrogen-bond donors (Lipinski definition) is 1. The molecule has 0 spiro atoms. The largest absolute Gasteiger partial charge is 0.466 e. The third kappa shape index (κ3) is 2.43. The number of ether oxygens (including phenoxy) is 2. The number of anilines is 1. The maximum Gasteiger partial charge on any atom is 0.309 e. The number of allylic oxidation sites excluding steroid dienone is 3. The van der Waals surface area contributed by atoms with E-state index in [1.165, 1.54) is 5.57 Å². The van der Waals surface area contributed by atoms with Crippen molar-refractivity contribution in [3.05, 3.63) is 41.3 Å². The molecule has 0 aromatic carbocycles. The molecule has 3 unspecified atom stereocenters. The van der Waals surface area contributed by atoms with Crippen LogP contribution in [0, 0.1) is 23.2 Å². The highest BCUT2D eigenvalue weighted by Gasteiger charge is 2.65. The van der Waals surface area contributed by atoms with Gasteiger partial charge in [0.15, 0.2) is 0 Å². The number of fused-ring (bicyclic) bond motifs is 1. The minimum absolute atomic E-state index is 0.00662. The molecular weight excluding hydrogens is 356 g/mol. The molecule has 0 saturated heterocycles. The van der Waals surface area contributed by atoms with Gasteiger partial charge in [-0.1, -0.05) is 12.5 Å². The lowest BCUT2D eigenvalue weighted by Crippen LogP contribution is -2.39. The Morgan fingerprint density at radius 3 is 3.07 bits per heavy atom.